The van der Waals surface area contributed by atoms with E-state index in [0.717, 1.165) is 5.56 Å². The van der Waals surface area contributed by atoms with Crippen LogP contribution in [0.1, 0.15) is 5.56 Å². The number of anilines is 1. The van der Waals surface area contributed by atoms with Gasteiger partial charge in [-0.05, 0) is 40.5 Å². The van der Waals surface area contributed by atoms with Crippen molar-refractivity contribution in [2.75, 3.05) is 32.5 Å². The summed E-state index contributed by atoms with van der Waals surface area (Å²) in [6.45, 7) is 1.91. The minimum atomic E-state index is -0.640. The Morgan fingerprint density at radius 3 is 2.52 bits per heavy atom. The maximum Gasteiger partial charge on any atom is 0.355 e. The number of halogens is 2. The molecule has 0 N–H and O–H groups in total. The van der Waals surface area contributed by atoms with Crippen LogP contribution in [0.15, 0.2) is 27.9 Å². The smallest absolute Gasteiger partial charge is 0.355 e. The maximum absolute atomic E-state index is 12.2. The second kappa shape index (κ2) is 7.33. The molecule has 0 radical (unpaired) electrons. The molecule has 0 fully saturated rings. The molecule has 0 aliphatic carbocycles. The minimum absolute atomic E-state index is 0.0264. The largest absolute Gasteiger partial charge is 0.466 e. The number of methoxy groups -OCH3 is 2. The van der Waals surface area contributed by atoms with Crippen molar-refractivity contribution < 1.29 is 23.8 Å². The summed E-state index contributed by atoms with van der Waals surface area (Å²) in [6.07, 6.45) is 0. The minimum Gasteiger partial charge on any atom is -0.466 e. The quantitative estimate of drug-likeness (QED) is 0.722. The van der Waals surface area contributed by atoms with Gasteiger partial charge in [-0.15, -0.1) is 0 Å². The van der Waals surface area contributed by atoms with E-state index in [9.17, 15) is 9.59 Å². The Bertz CT molecular complexity index is 689. The zero-order chi connectivity index (χ0) is 17.1. The summed E-state index contributed by atoms with van der Waals surface area (Å²) in [4.78, 5) is 25.7. The molecule has 1 aliphatic rings. The molecule has 0 bridgehead atoms. The van der Waals surface area contributed by atoms with Crippen LogP contribution in [-0.4, -0.2) is 39.5 Å². The Balaban J connectivity index is 2.62. The van der Waals surface area contributed by atoms with Gasteiger partial charge in [-0.1, -0.05) is 11.6 Å². The number of benzene rings is 1. The van der Waals surface area contributed by atoms with Crippen LogP contribution in [0, 0.1) is 6.92 Å². The highest BCUT2D eigenvalue weighted by atomic mass is 79.9. The van der Waals surface area contributed by atoms with Crippen molar-refractivity contribution in [3.05, 3.63) is 38.5 Å². The Labute approximate surface area is 147 Å². The van der Waals surface area contributed by atoms with E-state index in [-0.39, 0.29) is 24.6 Å². The van der Waals surface area contributed by atoms with Crippen molar-refractivity contribution >= 4 is 45.2 Å². The van der Waals surface area contributed by atoms with E-state index in [2.05, 4.69) is 15.9 Å². The van der Waals surface area contributed by atoms with E-state index in [0.29, 0.717) is 15.2 Å². The molecule has 0 amide bonds. The van der Waals surface area contributed by atoms with Gasteiger partial charge in [0.05, 0.1) is 31.4 Å². The van der Waals surface area contributed by atoms with Gasteiger partial charge in [0.1, 0.15) is 12.4 Å². The number of aryl methyl sites for hydroxylation is 1. The first kappa shape index (κ1) is 17.8. The number of nitrogens with zero attached hydrogens (tertiary/aromatic N) is 1. The first-order valence-electron chi connectivity index (χ1n) is 6.61. The van der Waals surface area contributed by atoms with Gasteiger partial charge in [0.2, 0.25) is 0 Å². The highest BCUT2D eigenvalue weighted by Gasteiger charge is 2.33. The van der Waals surface area contributed by atoms with Crippen LogP contribution in [0.3, 0.4) is 0 Å². The lowest BCUT2D eigenvalue weighted by atomic mass is 10.1. The fourth-order valence-corrected chi connectivity index (χ4v) is 2.81. The van der Waals surface area contributed by atoms with Gasteiger partial charge in [0.15, 0.2) is 0 Å². The number of esters is 2. The molecule has 1 aliphatic heterocycles. The number of rotatable bonds is 3. The number of carbonyl (C=O) groups excluding carboxylic acids is 2. The van der Waals surface area contributed by atoms with E-state index in [4.69, 9.17) is 25.8 Å². The number of hydrogen-bond acceptors (Lipinski definition) is 6. The fourth-order valence-electron chi connectivity index (χ4n) is 2.26. The molecule has 1 aromatic carbocycles. The Kier molecular flexibility index (Phi) is 5.67. The lowest BCUT2D eigenvalue weighted by Gasteiger charge is -2.32. The lowest BCUT2D eigenvalue weighted by Crippen LogP contribution is -2.39. The first-order valence-corrected chi connectivity index (χ1v) is 7.78. The van der Waals surface area contributed by atoms with Crippen LogP contribution in [-0.2, 0) is 23.8 Å². The standard InChI is InChI=1S/C15H15BrClNO5/c1-8-4-11(17)10(16)5-12(8)18-7-23-6-9(14(19)21-2)13(18)15(20)22-3/h4-5H,6-7H2,1-3H3. The molecule has 8 heteroatoms. The van der Waals surface area contributed by atoms with Crippen LogP contribution in [0.4, 0.5) is 5.69 Å². The highest BCUT2D eigenvalue weighted by molar-refractivity contribution is 9.10. The van der Waals surface area contributed by atoms with Crippen LogP contribution >= 0.6 is 27.5 Å². The number of hydrogen-bond donors (Lipinski definition) is 0. The van der Waals surface area contributed by atoms with Crippen molar-refractivity contribution in [2.45, 2.75) is 6.92 Å². The van der Waals surface area contributed by atoms with Crippen LogP contribution in [0.25, 0.3) is 0 Å². The normalized spacial score (nSPS) is 14.7. The number of carbonyl (C=O) groups is 2. The molecule has 124 valence electrons. The average Bonchev–Trinajstić information content (AvgIpc) is 2.56. The molecule has 0 atom stereocenters. The zero-order valence-corrected chi connectivity index (χ0v) is 15.2. The third kappa shape index (κ3) is 3.52. The Morgan fingerprint density at radius 2 is 1.91 bits per heavy atom. The van der Waals surface area contributed by atoms with Gasteiger partial charge in [-0.3, -0.25) is 0 Å². The number of ether oxygens (including phenoxy) is 3. The molecule has 2 rings (SSSR count). The zero-order valence-electron chi connectivity index (χ0n) is 12.8. The van der Waals surface area contributed by atoms with E-state index < -0.39 is 11.9 Å². The van der Waals surface area contributed by atoms with Crippen molar-refractivity contribution in [3.8, 4) is 0 Å². The monoisotopic (exact) mass is 403 g/mol. The summed E-state index contributed by atoms with van der Waals surface area (Å²) < 4.78 is 15.6. The average molecular weight is 405 g/mol. The van der Waals surface area contributed by atoms with E-state index in [1.807, 2.05) is 6.92 Å². The first-order chi connectivity index (χ1) is 10.9. The third-order valence-corrected chi connectivity index (χ3v) is 4.56. The third-order valence-electron chi connectivity index (χ3n) is 3.36. The summed E-state index contributed by atoms with van der Waals surface area (Å²) in [7, 11) is 2.50. The summed E-state index contributed by atoms with van der Waals surface area (Å²) in [6, 6.07) is 3.51. The van der Waals surface area contributed by atoms with Crippen molar-refractivity contribution in [3.63, 3.8) is 0 Å². The van der Waals surface area contributed by atoms with E-state index in [1.165, 1.54) is 14.2 Å². The van der Waals surface area contributed by atoms with Crippen molar-refractivity contribution in [1.29, 1.82) is 0 Å². The topological polar surface area (TPSA) is 65.1 Å². The molecule has 0 saturated carbocycles. The van der Waals surface area contributed by atoms with Crippen molar-refractivity contribution in [1.82, 2.24) is 0 Å². The van der Waals surface area contributed by atoms with Crippen LogP contribution in [0.5, 0.6) is 0 Å². The van der Waals surface area contributed by atoms with Gasteiger partial charge in [-0.25, -0.2) is 9.59 Å². The molecule has 0 spiro atoms. The summed E-state index contributed by atoms with van der Waals surface area (Å²) in [5.41, 5.74) is 1.69. The lowest BCUT2D eigenvalue weighted by molar-refractivity contribution is -0.140. The molecule has 6 nitrogen and oxygen atoms in total. The molecule has 23 heavy (non-hydrogen) atoms. The molecule has 1 aromatic rings. The molecule has 0 unspecified atom stereocenters. The molecular weight excluding hydrogens is 390 g/mol. The second-order valence-electron chi connectivity index (χ2n) is 4.77. The Morgan fingerprint density at radius 1 is 1.26 bits per heavy atom. The van der Waals surface area contributed by atoms with E-state index in [1.54, 1.807) is 17.0 Å². The van der Waals surface area contributed by atoms with Gasteiger partial charge in [0.25, 0.3) is 0 Å². The van der Waals surface area contributed by atoms with E-state index >= 15 is 0 Å². The predicted molar refractivity (Wildman–Crippen MR) is 88.2 cm³/mol. The van der Waals surface area contributed by atoms with Gasteiger partial charge >= 0.3 is 11.9 Å². The fraction of sp³-hybridized carbons (Fsp3) is 0.333. The van der Waals surface area contributed by atoms with Crippen LogP contribution in [0.2, 0.25) is 5.02 Å². The molecule has 1 heterocycles. The van der Waals surface area contributed by atoms with Gasteiger partial charge in [-0.2, -0.15) is 0 Å². The molecule has 0 saturated heterocycles. The maximum atomic E-state index is 12.2. The SMILES string of the molecule is COC(=O)C1=C(C(=O)OC)N(c2cc(Br)c(Cl)cc2C)COC1. The van der Waals surface area contributed by atoms with Crippen molar-refractivity contribution in [2.24, 2.45) is 0 Å². The summed E-state index contributed by atoms with van der Waals surface area (Å²) in [5.74, 6) is -1.28. The van der Waals surface area contributed by atoms with Gasteiger partial charge in [0, 0.05) is 10.2 Å². The summed E-state index contributed by atoms with van der Waals surface area (Å²) >= 11 is 9.43. The molecular formula is C15H15BrClNO5. The predicted octanol–water partition coefficient (Wildman–Crippen LogP) is 2.81. The Hall–Kier alpha value is -1.57. The van der Waals surface area contributed by atoms with Crippen LogP contribution < -0.4 is 4.90 Å². The molecule has 0 aromatic heterocycles. The van der Waals surface area contributed by atoms with Gasteiger partial charge < -0.3 is 19.1 Å². The summed E-state index contributed by atoms with van der Waals surface area (Å²) in [5, 5.41) is 0.543. The second-order valence-corrected chi connectivity index (χ2v) is 6.03. The highest BCUT2D eigenvalue weighted by Crippen LogP contribution is 2.35.